The summed E-state index contributed by atoms with van der Waals surface area (Å²) in [6.07, 6.45) is 2.92. The minimum Gasteiger partial charge on any atom is -0.477 e. The third-order valence-electron chi connectivity index (χ3n) is 2.58. The van der Waals surface area contributed by atoms with Crippen LogP contribution in [0, 0.1) is 15.9 Å². The molecule has 1 aromatic carbocycles. The van der Waals surface area contributed by atoms with Crippen LogP contribution in [0.3, 0.4) is 0 Å². The number of nitrogens with one attached hydrogen (secondary N) is 1. The number of unbranched alkanes of at least 4 members (excludes halogenated alkanes) is 2. The maximum Gasteiger partial charge on any atom is 0.311 e. The molecule has 0 saturated carbocycles. The number of nitro benzene ring substituents is 1. The van der Waals surface area contributed by atoms with Gasteiger partial charge in [0.1, 0.15) is 5.82 Å². The fourth-order valence-electron chi connectivity index (χ4n) is 1.55. The van der Waals surface area contributed by atoms with Crippen LogP contribution in [-0.2, 0) is 4.79 Å². The van der Waals surface area contributed by atoms with Gasteiger partial charge in [0.2, 0.25) is 5.75 Å². The molecule has 0 aliphatic carbocycles. The number of hydrogen-bond acceptors (Lipinski definition) is 4. The predicted molar refractivity (Wildman–Crippen MR) is 71.1 cm³/mol. The average molecular weight is 284 g/mol. The van der Waals surface area contributed by atoms with E-state index in [0.29, 0.717) is 6.54 Å². The number of amides is 1. The van der Waals surface area contributed by atoms with Crippen LogP contribution in [0.25, 0.3) is 0 Å². The van der Waals surface area contributed by atoms with Crippen LogP contribution in [0.5, 0.6) is 5.75 Å². The first-order valence-corrected chi connectivity index (χ1v) is 6.38. The molecule has 0 aromatic heterocycles. The molecule has 0 aliphatic heterocycles. The molecule has 1 aromatic rings. The smallest absolute Gasteiger partial charge is 0.311 e. The minimum absolute atomic E-state index is 0.251. The zero-order valence-corrected chi connectivity index (χ0v) is 11.2. The zero-order chi connectivity index (χ0) is 15.0. The number of halogens is 1. The first-order chi connectivity index (χ1) is 9.54. The molecule has 110 valence electrons. The lowest BCUT2D eigenvalue weighted by Crippen LogP contribution is -2.29. The molecule has 0 atom stereocenters. The van der Waals surface area contributed by atoms with E-state index in [4.69, 9.17) is 4.74 Å². The van der Waals surface area contributed by atoms with Crippen molar-refractivity contribution in [3.63, 3.8) is 0 Å². The van der Waals surface area contributed by atoms with Gasteiger partial charge in [0, 0.05) is 18.7 Å². The Bertz CT molecular complexity index is 479. The van der Waals surface area contributed by atoms with E-state index in [1.807, 2.05) is 6.92 Å². The van der Waals surface area contributed by atoms with Crippen LogP contribution in [0.1, 0.15) is 26.2 Å². The molecule has 0 aliphatic rings. The monoisotopic (exact) mass is 284 g/mol. The molecular weight excluding hydrogens is 267 g/mol. The number of rotatable bonds is 8. The lowest BCUT2D eigenvalue weighted by molar-refractivity contribution is -0.385. The molecule has 0 bridgehead atoms. The van der Waals surface area contributed by atoms with Crippen LogP contribution < -0.4 is 10.1 Å². The van der Waals surface area contributed by atoms with Crippen LogP contribution in [-0.4, -0.2) is 24.0 Å². The van der Waals surface area contributed by atoms with E-state index in [0.717, 1.165) is 37.5 Å². The highest BCUT2D eigenvalue weighted by atomic mass is 19.1. The summed E-state index contributed by atoms with van der Waals surface area (Å²) < 4.78 is 18.0. The van der Waals surface area contributed by atoms with E-state index < -0.39 is 10.7 Å². The molecule has 0 spiro atoms. The van der Waals surface area contributed by atoms with Crippen LogP contribution in [0.15, 0.2) is 18.2 Å². The first kappa shape index (κ1) is 15.9. The standard InChI is InChI=1S/C13H17FN2O4/c1-2-3-4-7-15-13(17)9-20-12-8-10(14)5-6-11(12)16(18)19/h5-6,8H,2-4,7,9H2,1H3,(H,15,17). The molecule has 0 saturated heterocycles. The topological polar surface area (TPSA) is 81.5 Å². The fourth-order valence-corrected chi connectivity index (χ4v) is 1.55. The maximum atomic E-state index is 13.0. The lowest BCUT2D eigenvalue weighted by Gasteiger charge is -2.07. The molecule has 0 unspecified atom stereocenters. The van der Waals surface area contributed by atoms with Gasteiger partial charge in [-0.3, -0.25) is 14.9 Å². The van der Waals surface area contributed by atoms with Crippen molar-refractivity contribution in [3.05, 3.63) is 34.1 Å². The van der Waals surface area contributed by atoms with Gasteiger partial charge in [-0.1, -0.05) is 19.8 Å². The van der Waals surface area contributed by atoms with Crippen molar-refractivity contribution in [3.8, 4) is 5.75 Å². The zero-order valence-electron chi connectivity index (χ0n) is 11.2. The van der Waals surface area contributed by atoms with Crippen molar-refractivity contribution >= 4 is 11.6 Å². The maximum absolute atomic E-state index is 13.0. The summed E-state index contributed by atoms with van der Waals surface area (Å²) in [6.45, 7) is 2.20. The summed E-state index contributed by atoms with van der Waals surface area (Å²) in [5.41, 5.74) is -0.370. The Hall–Kier alpha value is -2.18. The van der Waals surface area contributed by atoms with Crippen molar-refractivity contribution in [2.45, 2.75) is 26.2 Å². The van der Waals surface area contributed by atoms with E-state index >= 15 is 0 Å². The summed E-state index contributed by atoms with van der Waals surface area (Å²) in [7, 11) is 0. The number of carbonyl (C=O) groups is 1. The highest BCUT2D eigenvalue weighted by molar-refractivity contribution is 5.77. The second-order valence-corrected chi connectivity index (χ2v) is 4.21. The van der Waals surface area contributed by atoms with Gasteiger partial charge in [0.15, 0.2) is 6.61 Å². The van der Waals surface area contributed by atoms with Gasteiger partial charge < -0.3 is 10.1 Å². The molecule has 1 N–H and O–H groups in total. The van der Waals surface area contributed by atoms with Gasteiger partial charge in [-0.2, -0.15) is 0 Å². The van der Waals surface area contributed by atoms with Gasteiger partial charge in [-0.05, 0) is 12.5 Å². The Morgan fingerprint density at radius 1 is 1.45 bits per heavy atom. The van der Waals surface area contributed by atoms with E-state index in [1.165, 1.54) is 0 Å². The van der Waals surface area contributed by atoms with E-state index in [1.54, 1.807) is 0 Å². The lowest BCUT2D eigenvalue weighted by atomic mass is 10.2. The van der Waals surface area contributed by atoms with Crippen molar-refractivity contribution in [2.75, 3.05) is 13.2 Å². The highest BCUT2D eigenvalue weighted by Crippen LogP contribution is 2.27. The predicted octanol–water partition coefficient (Wildman–Crippen LogP) is 2.42. The summed E-state index contributed by atoms with van der Waals surface area (Å²) in [5, 5.41) is 13.3. The Kier molecular flexibility index (Phi) is 6.42. The van der Waals surface area contributed by atoms with Crippen molar-refractivity contribution < 1.29 is 18.8 Å². The Morgan fingerprint density at radius 2 is 2.20 bits per heavy atom. The van der Waals surface area contributed by atoms with Crippen LogP contribution >= 0.6 is 0 Å². The number of benzene rings is 1. The second kappa shape index (κ2) is 8.08. The molecule has 20 heavy (non-hydrogen) atoms. The highest BCUT2D eigenvalue weighted by Gasteiger charge is 2.16. The molecule has 1 rings (SSSR count). The summed E-state index contributed by atoms with van der Waals surface area (Å²) in [6, 6.07) is 2.86. The van der Waals surface area contributed by atoms with Crippen LogP contribution in [0.2, 0.25) is 0 Å². The Labute approximate surface area is 116 Å². The van der Waals surface area contributed by atoms with Gasteiger partial charge in [0.25, 0.3) is 5.91 Å². The largest absolute Gasteiger partial charge is 0.477 e. The van der Waals surface area contributed by atoms with Crippen molar-refractivity contribution in [2.24, 2.45) is 0 Å². The number of nitro groups is 1. The second-order valence-electron chi connectivity index (χ2n) is 4.21. The van der Waals surface area contributed by atoms with E-state index in [2.05, 4.69) is 5.32 Å². The van der Waals surface area contributed by atoms with Crippen molar-refractivity contribution in [1.29, 1.82) is 0 Å². The molecule has 6 nitrogen and oxygen atoms in total. The molecule has 0 fully saturated rings. The Morgan fingerprint density at radius 3 is 2.85 bits per heavy atom. The minimum atomic E-state index is -0.687. The summed E-state index contributed by atoms with van der Waals surface area (Å²) >= 11 is 0. The van der Waals surface area contributed by atoms with Gasteiger partial charge >= 0.3 is 5.69 Å². The molecule has 1 amide bonds. The first-order valence-electron chi connectivity index (χ1n) is 6.38. The van der Waals surface area contributed by atoms with Crippen molar-refractivity contribution in [1.82, 2.24) is 5.32 Å². The summed E-state index contributed by atoms with van der Waals surface area (Å²) in [5.74, 6) is -1.30. The normalized spacial score (nSPS) is 10.1. The van der Waals surface area contributed by atoms with Gasteiger partial charge in [0.05, 0.1) is 4.92 Å². The van der Waals surface area contributed by atoms with Gasteiger partial charge in [-0.15, -0.1) is 0 Å². The molecular formula is C13H17FN2O4. The van der Waals surface area contributed by atoms with Crippen LogP contribution in [0.4, 0.5) is 10.1 Å². The fraction of sp³-hybridized carbons (Fsp3) is 0.462. The molecule has 7 heteroatoms. The van der Waals surface area contributed by atoms with Gasteiger partial charge in [-0.25, -0.2) is 4.39 Å². The molecule has 0 heterocycles. The number of nitrogens with zero attached hydrogens (tertiary/aromatic N) is 1. The average Bonchev–Trinajstić information content (AvgIpc) is 2.41. The van der Waals surface area contributed by atoms with E-state index in [-0.39, 0.29) is 24.0 Å². The SMILES string of the molecule is CCCCCNC(=O)COc1cc(F)ccc1[N+](=O)[O-]. The number of carbonyl (C=O) groups excluding carboxylic acids is 1. The number of ether oxygens (including phenoxy) is 1. The number of hydrogen-bond donors (Lipinski definition) is 1. The third kappa shape index (κ3) is 5.21. The Balaban J connectivity index is 2.50. The third-order valence-corrected chi connectivity index (χ3v) is 2.58. The quantitative estimate of drug-likeness (QED) is 0.451. The summed E-state index contributed by atoms with van der Waals surface area (Å²) in [4.78, 5) is 21.5. The molecule has 0 radical (unpaired) electrons. The van der Waals surface area contributed by atoms with E-state index in [9.17, 15) is 19.3 Å².